The van der Waals surface area contributed by atoms with Gasteiger partial charge in [0.15, 0.2) is 0 Å². The van der Waals surface area contributed by atoms with Crippen molar-refractivity contribution in [1.29, 1.82) is 0 Å². The Bertz CT molecular complexity index is 407. The normalized spacial score (nSPS) is 20.9. The molecule has 1 amide bonds. The van der Waals surface area contributed by atoms with Gasteiger partial charge in [0.1, 0.15) is 10.7 Å². The van der Waals surface area contributed by atoms with E-state index in [-0.39, 0.29) is 5.91 Å². The van der Waals surface area contributed by atoms with Gasteiger partial charge in [-0.05, 0) is 18.8 Å². The minimum Gasteiger partial charge on any atom is -0.377 e. The van der Waals surface area contributed by atoms with Gasteiger partial charge in [-0.3, -0.25) is 4.79 Å². The molecular weight excluding hydrogens is 248 g/mol. The van der Waals surface area contributed by atoms with Gasteiger partial charge in [-0.15, -0.1) is 5.10 Å². The van der Waals surface area contributed by atoms with Crippen molar-refractivity contribution in [2.45, 2.75) is 39.2 Å². The first-order chi connectivity index (χ1) is 8.74. The van der Waals surface area contributed by atoms with E-state index < -0.39 is 0 Å². The summed E-state index contributed by atoms with van der Waals surface area (Å²) in [4.78, 5) is 14.0. The highest BCUT2D eigenvalue weighted by molar-refractivity contribution is 7.10. The van der Waals surface area contributed by atoms with Gasteiger partial charge in [-0.25, -0.2) is 0 Å². The second kappa shape index (κ2) is 6.13. The zero-order chi connectivity index (χ0) is 13.0. The average Bonchev–Trinajstić information content (AvgIpc) is 2.76. The van der Waals surface area contributed by atoms with Crippen molar-refractivity contribution >= 4 is 22.4 Å². The summed E-state index contributed by atoms with van der Waals surface area (Å²) in [6.45, 7) is 3.63. The van der Waals surface area contributed by atoms with Crippen molar-refractivity contribution in [2.24, 2.45) is 5.92 Å². The van der Waals surface area contributed by atoms with Gasteiger partial charge < -0.3 is 10.2 Å². The van der Waals surface area contributed by atoms with Gasteiger partial charge in [0.25, 0.3) is 0 Å². The molecular formula is C12H20N4OS. The van der Waals surface area contributed by atoms with E-state index in [1.54, 1.807) is 0 Å². The molecule has 0 radical (unpaired) electrons. The fraction of sp³-hybridized carbons (Fsp3) is 0.750. The molecule has 1 N–H and O–H groups in total. The minimum absolute atomic E-state index is 0.251. The molecule has 100 valence electrons. The molecule has 2 rings (SSSR count). The lowest BCUT2D eigenvalue weighted by Crippen LogP contribution is -2.30. The summed E-state index contributed by atoms with van der Waals surface area (Å²) < 4.78 is 3.93. The third-order valence-corrected chi connectivity index (χ3v) is 4.41. The number of hydrogen-bond acceptors (Lipinski definition) is 5. The molecule has 1 unspecified atom stereocenters. The molecule has 1 aromatic rings. The lowest BCUT2D eigenvalue weighted by atomic mass is 9.98. The zero-order valence-electron chi connectivity index (χ0n) is 11.0. The fourth-order valence-electron chi connectivity index (χ4n) is 2.35. The van der Waals surface area contributed by atoms with Crippen LogP contribution < -0.4 is 5.32 Å². The third-order valence-electron chi connectivity index (χ3n) is 3.63. The topological polar surface area (TPSA) is 58.1 Å². The number of likely N-dealkylation sites (tertiary alicyclic amines) is 1. The third kappa shape index (κ3) is 2.98. The van der Waals surface area contributed by atoms with Crippen LogP contribution >= 0.6 is 11.5 Å². The van der Waals surface area contributed by atoms with Crippen LogP contribution in [0.15, 0.2) is 0 Å². The molecule has 6 heteroatoms. The van der Waals surface area contributed by atoms with Crippen molar-refractivity contribution in [1.82, 2.24) is 14.5 Å². The Labute approximate surface area is 112 Å². The summed E-state index contributed by atoms with van der Waals surface area (Å²) in [5.74, 6) is 0.942. The molecule has 0 spiro atoms. The molecule has 1 aliphatic rings. The van der Waals surface area contributed by atoms with Crippen molar-refractivity contribution in [3.8, 4) is 0 Å². The molecule has 2 heterocycles. The summed E-state index contributed by atoms with van der Waals surface area (Å²) in [6, 6.07) is 0. The smallest absolute Gasteiger partial charge is 0.222 e. The largest absolute Gasteiger partial charge is 0.377 e. The number of hydrogen-bond donors (Lipinski definition) is 1. The van der Waals surface area contributed by atoms with E-state index in [1.165, 1.54) is 18.0 Å². The molecule has 18 heavy (non-hydrogen) atoms. The quantitative estimate of drug-likeness (QED) is 0.908. The van der Waals surface area contributed by atoms with Gasteiger partial charge in [0.2, 0.25) is 5.91 Å². The molecule has 1 atom stereocenters. The number of nitrogens with one attached hydrogen (secondary N) is 1. The molecule has 1 aromatic heterocycles. The first-order valence-electron chi connectivity index (χ1n) is 6.51. The first-order valence-corrected chi connectivity index (χ1v) is 7.28. The summed E-state index contributed by atoms with van der Waals surface area (Å²) in [5.41, 5.74) is 0.880. The molecule has 1 saturated heterocycles. The Balaban J connectivity index is 2.02. The van der Waals surface area contributed by atoms with E-state index in [4.69, 9.17) is 0 Å². The van der Waals surface area contributed by atoms with Gasteiger partial charge in [-0.2, -0.15) is 0 Å². The number of carbonyl (C=O) groups excluding carboxylic acids is 1. The molecule has 0 aromatic carbocycles. The lowest BCUT2D eigenvalue weighted by Gasteiger charge is -2.19. The number of rotatable bonds is 4. The summed E-state index contributed by atoms with van der Waals surface area (Å²) in [7, 11) is 1.86. The van der Waals surface area contributed by atoms with Crippen LogP contribution in [-0.4, -0.2) is 34.0 Å². The van der Waals surface area contributed by atoms with Crippen LogP contribution in [0.2, 0.25) is 0 Å². The molecule has 0 aliphatic carbocycles. The van der Waals surface area contributed by atoms with Gasteiger partial charge >= 0.3 is 0 Å². The van der Waals surface area contributed by atoms with Crippen LogP contribution in [0.5, 0.6) is 0 Å². The van der Waals surface area contributed by atoms with E-state index in [0.717, 1.165) is 30.1 Å². The average molecular weight is 268 g/mol. The van der Waals surface area contributed by atoms with Crippen molar-refractivity contribution in [2.75, 3.05) is 18.9 Å². The highest BCUT2D eigenvalue weighted by Crippen LogP contribution is 2.24. The van der Waals surface area contributed by atoms with Gasteiger partial charge in [0.05, 0.1) is 6.54 Å². The monoisotopic (exact) mass is 268 g/mol. The van der Waals surface area contributed by atoms with E-state index >= 15 is 0 Å². The van der Waals surface area contributed by atoms with Crippen LogP contribution in [0.25, 0.3) is 0 Å². The number of carbonyl (C=O) groups is 1. The van der Waals surface area contributed by atoms with Crippen LogP contribution in [0.4, 0.5) is 5.00 Å². The minimum atomic E-state index is 0.251. The lowest BCUT2D eigenvalue weighted by molar-refractivity contribution is -0.131. The van der Waals surface area contributed by atoms with E-state index in [0.29, 0.717) is 18.9 Å². The summed E-state index contributed by atoms with van der Waals surface area (Å²) in [6.07, 6.45) is 3.97. The second-order valence-electron chi connectivity index (χ2n) is 4.72. The van der Waals surface area contributed by atoms with Crippen molar-refractivity contribution < 1.29 is 4.79 Å². The number of nitrogens with zero attached hydrogens (tertiary/aromatic N) is 3. The zero-order valence-corrected chi connectivity index (χ0v) is 11.8. The Morgan fingerprint density at radius 2 is 2.33 bits per heavy atom. The highest BCUT2D eigenvalue weighted by Gasteiger charge is 2.23. The van der Waals surface area contributed by atoms with Crippen LogP contribution in [0, 0.1) is 5.92 Å². The Hall–Kier alpha value is -1.17. The van der Waals surface area contributed by atoms with E-state index in [9.17, 15) is 4.79 Å². The molecule has 1 fully saturated rings. The van der Waals surface area contributed by atoms with Crippen molar-refractivity contribution in [3.05, 3.63) is 5.69 Å². The Morgan fingerprint density at radius 3 is 3.06 bits per heavy atom. The number of amides is 1. The highest BCUT2D eigenvalue weighted by atomic mass is 32.1. The number of aromatic nitrogens is 2. The molecule has 5 nitrogen and oxygen atoms in total. The maximum absolute atomic E-state index is 12.1. The molecule has 1 aliphatic heterocycles. The fourth-order valence-corrected chi connectivity index (χ4v) is 2.87. The SMILES string of the molecule is CCC1CCC(=O)N(Cc2nnsc2NC)CC1. The van der Waals surface area contributed by atoms with Gasteiger partial charge in [-0.1, -0.05) is 17.8 Å². The van der Waals surface area contributed by atoms with Crippen LogP contribution in [0.3, 0.4) is 0 Å². The second-order valence-corrected chi connectivity index (χ2v) is 5.47. The van der Waals surface area contributed by atoms with E-state index in [1.807, 2.05) is 11.9 Å². The maximum Gasteiger partial charge on any atom is 0.222 e. The Kier molecular flexibility index (Phi) is 4.52. The van der Waals surface area contributed by atoms with Crippen molar-refractivity contribution in [3.63, 3.8) is 0 Å². The first kappa shape index (κ1) is 13.3. The standard InChI is InChI=1S/C12H20N4OS/c1-3-9-4-5-11(17)16(7-6-9)8-10-12(13-2)18-15-14-10/h9,13H,3-8H2,1-2H3. The molecule has 0 bridgehead atoms. The van der Waals surface area contributed by atoms with Gasteiger partial charge in [0, 0.05) is 31.5 Å². The number of anilines is 1. The van der Waals surface area contributed by atoms with Crippen LogP contribution in [0.1, 0.15) is 38.3 Å². The summed E-state index contributed by atoms with van der Waals surface area (Å²) >= 11 is 1.34. The van der Waals surface area contributed by atoms with Crippen LogP contribution in [-0.2, 0) is 11.3 Å². The van der Waals surface area contributed by atoms with E-state index in [2.05, 4.69) is 21.8 Å². The Morgan fingerprint density at radius 1 is 1.50 bits per heavy atom. The predicted octanol–water partition coefficient (Wildman–Crippen LogP) is 2.12. The maximum atomic E-state index is 12.1. The predicted molar refractivity (Wildman–Crippen MR) is 72.5 cm³/mol. The molecule has 0 saturated carbocycles. The summed E-state index contributed by atoms with van der Waals surface area (Å²) in [5, 5.41) is 8.13.